The number of amides is 1. The van der Waals surface area contributed by atoms with Crippen LogP contribution in [0.15, 0.2) is 48.0 Å². The third kappa shape index (κ3) is 4.87. The highest BCUT2D eigenvalue weighted by atomic mass is 35.5. The molecule has 1 unspecified atom stereocenters. The third-order valence-electron chi connectivity index (χ3n) is 4.92. The number of nitrogens with zero attached hydrogens (tertiary/aromatic N) is 1. The van der Waals surface area contributed by atoms with Gasteiger partial charge in [-0.2, -0.15) is 0 Å². The molecule has 1 aliphatic heterocycles. The van der Waals surface area contributed by atoms with Gasteiger partial charge in [-0.15, -0.1) is 0 Å². The Bertz CT molecular complexity index is 1020. The Morgan fingerprint density at radius 1 is 1.10 bits per heavy atom. The SMILES string of the molecule is CCCOc1cccc(C(O)=C2C(=O)C(=O)N(CCOC)C2c2ccc(Cl)c(Cl)c2)c1. The second kappa shape index (κ2) is 10.2. The molecule has 8 heteroatoms. The number of ketones is 1. The molecule has 1 heterocycles. The number of hydrogen-bond acceptors (Lipinski definition) is 5. The van der Waals surface area contributed by atoms with Gasteiger partial charge in [0, 0.05) is 19.2 Å². The van der Waals surface area contributed by atoms with Crippen LogP contribution in [0.1, 0.15) is 30.5 Å². The second-order valence-electron chi connectivity index (χ2n) is 7.04. The number of aliphatic hydroxyl groups is 1. The Hall–Kier alpha value is -2.54. The van der Waals surface area contributed by atoms with Crippen molar-refractivity contribution in [3.8, 4) is 5.75 Å². The van der Waals surface area contributed by atoms with Crippen molar-refractivity contribution in [2.45, 2.75) is 19.4 Å². The fraction of sp³-hybridized carbons (Fsp3) is 0.304. The molecule has 2 aromatic carbocycles. The van der Waals surface area contributed by atoms with Crippen LogP contribution in [0.3, 0.4) is 0 Å². The van der Waals surface area contributed by atoms with E-state index in [-0.39, 0.29) is 29.5 Å². The maximum absolute atomic E-state index is 12.9. The van der Waals surface area contributed by atoms with Crippen LogP contribution in [-0.4, -0.2) is 48.6 Å². The summed E-state index contributed by atoms with van der Waals surface area (Å²) >= 11 is 12.2. The molecule has 0 bridgehead atoms. The fourth-order valence-corrected chi connectivity index (χ4v) is 3.74. The van der Waals surface area contributed by atoms with Crippen LogP contribution in [0.25, 0.3) is 5.76 Å². The third-order valence-corrected chi connectivity index (χ3v) is 5.66. The first kappa shape index (κ1) is 23.1. The summed E-state index contributed by atoms with van der Waals surface area (Å²) in [5.41, 5.74) is 0.917. The summed E-state index contributed by atoms with van der Waals surface area (Å²) in [5.74, 6) is -1.21. The Labute approximate surface area is 191 Å². The van der Waals surface area contributed by atoms with Gasteiger partial charge in [-0.1, -0.05) is 48.3 Å². The van der Waals surface area contributed by atoms with Crippen LogP contribution in [0, 0.1) is 0 Å². The molecular formula is C23H23Cl2NO5. The number of halogens is 2. The minimum Gasteiger partial charge on any atom is -0.507 e. The maximum atomic E-state index is 12.9. The predicted molar refractivity (Wildman–Crippen MR) is 120 cm³/mol. The van der Waals surface area contributed by atoms with Crippen molar-refractivity contribution in [1.82, 2.24) is 4.90 Å². The molecule has 1 N–H and O–H groups in total. The normalized spacial score (nSPS) is 17.9. The average molecular weight is 464 g/mol. The van der Waals surface area contributed by atoms with Gasteiger partial charge in [-0.3, -0.25) is 9.59 Å². The quantitative estimate of drug-likeness (QED) is 0.344. The molecule has 1 atom stereocenters. The van der Waals surface area contributed by atoms with Gasteiger partial charge in [-0.05, 0) is 36.2 Å². The van der Waals surface area contributed by atoms with E-state index in [4.69, 9.17) is 32.7 Å². The van der Waals surface area contributed by atoms with E-state index >= 15 is 0 Å². The average Bonchev–Trinajstić information content (AvgIpc) is 3.02. The number of carbonyl (C=O) groups excluding carboxylic acids is 2. The highest BCUT2D eigenvalue weighted by Crippen LogP contribution is 2.41. The number of methoxy groups -OCH3 is 1. The maximum Gasteiger partial charge on any atom is 0.295 e. The molecule has 0 aliphatic carbocycles. The lowest BCUT2D eigenvalue weighted by Crippen LogP contribution is -2.32. The molecule has 6 nitrogen and oxygen atoms in total. The van der Waals surface area contributed by atoms with Crippen molar-refractivity contribution in [3.63, 3.8) is 0 Å². The van der Waals surface area contributed by atoms with Crippen LogP contribution in [-0.2, 0) is 14.3 Å². The van der Waals surface area contributed by atoms with Crippen molar-refractivity contribution in [3.05, 3.63) is 69.2 Å². The van der Waals surface area contributed by atoms with E-state index < -0.39 is 17.7 Å². The van der Waals surface area contributed by atoms with Crippen LogP contribution in [0.5, 0.6) is 5.75 Å². The van der Waals surface area contributed by atoms with Crippen LogP contribution >= 0.6 is 23.2 Å². The zero-order chi connectivity index (χ0) is 22.5. The van der Waals surface area contributed by atoms with Gasteiger partial charge >= 0.3 is 0 Å². The standard InChI is InChI=1S/C23H23Cl2NO5/c1-3-10-31-16-6-4-5-15(12-16)21(27)19-20(14-7-8-17(24)18(25)13-14)26(9-11-30-2)23(29)22(19)28/h4-8,12-13,20,27H,3,9-11H2,1-2H3. The number of aliphatic hydroxyl groups excluding tert-OH is 1. The molecule has 1 amide bonds. The van der Waals surface area contributed by atoms with Crippen molar-refractivity contribution < 1.29 is 24.2 Å². The van der Waals surface area contributed by atoms with E-state index in [2.05, 4.69) is 0 Å². The first-order chi connectivity index (χ1) is 14.9. The summed E-state index contributed by atoms with van der Waals surface area (Å²) in [6.45, 7) is 2.91. The molecule has 1 fully saturated rings. The minimum atomic E-state index is -0.829. The monoisotopic (exact) mass is 463 g/mol. The molecule has 3 rings (SSSR count). The zero-order valence-corrected chi connectivity index (χ0v) is 18.7. The van der Waals surface area contributed by atoms with Gasteiger partial charge in [-0.25, -0.2) is 0 Å². The summed E-state index contributed by atoms with van der Waals surface area (Å²) in [4.78, 5) is 27.1. The lowest BCUT2D eigenvalue weighted by atomic mass is 9.95. The number of carbonyl (C=O) groups is 2. The molecule has 2 aromatic rings. The Balaban J connectivity index is 2.13. The van der Waals surface area contributed by atoms with E-state index in [1.165, 1.54) is 12.0 Å². The van der Waals surface area contributed by atoms with E-state index in [1.807, 2.05) is 6.92 Å². The van der Waals surface area contributed by atoms with Crippen molar-refractivity contribution in [2.75, 3.05) is 26.9 Å². The molecule has 0 saturated carbocycles. The second-order valence-corrected chi connectivity index (χ2v) is 7.85. The number of Topliss-reactive ketones (excluding diaryl/α,β-unsaturated/α-hetero) is 1. The van der Waals surface area contributed by atoms with Gasteiger partial charge < -0.3 is 19.5 Å². The van der Waals surface area contributed by atoms with Gasteiger partial charge in [0.1, 0.15) is 11.5 Å². The lowest BCUT2D eigenvalue weighted by molar-refractivity contribution is -0.140. The van der Waals surface area contributed by atoms with Gasteiger partial charge in [0.05, 0.1) is 34.9 Å². The number of benzene rings is 2. The lowest BCUT2D eigenvalue weighted by Gasteiger charge is -2.25. The molecule has 31 heavy (non-hydrogen) atoms. The first-order valence-corrected chi connectivity index (χ1v) is 10.6. The van der Waals surface area contributed by atoms with Crippen LogP contribution in [0.4, 0.5) is 0 Å². The van der Waals surface area contributed by atoms with Crippen LogP contribution in [0.2, 0.25) is 10.0 Å². The topological polar surface area (TPSA) is 76.1 Å². The summed E-state index contributed by atoms with van der Waals surface area (Å²) < 4.78 is 10.7. The van der Waals surface area contributed by atoms with Gasteiger partial charge in [0.2, 0.25) is 0 Å². The summed E-state index contributed by atoms with van der Waals surface area (Å²) in [7, 11) is 1.51. The fourth-order valence-electron chi connectivity index (χ4n) is 3.44. The number of hydrogen-bond donors (Lipinski definition) is 1. The summed E-state index contributed by atoms with van der Waals surface area (Å²) in [5, 5.41) is 11.7. The highest BCUT2D eigenvalue weighted by molar-refractivity contribution is 6.46. The predicted octanol–water partition coefficient (Wildman–Crippen LogP) is 4.85. The van der Waals surface area contributed by atoms with E-state index in [9.17, 15) is 14.7 Å². The van der Waals surface area contributed by atoms with E-state index in [0.29, 0.717) is 28.5 Å². The smallest absolute Gasteiger partial charge is 0.295 e. The van der Waals surface area contributed by atoms with Crippen molar-refractivity contribution in [1.29, 1.82) is 0 Å². The van der Waals surface area contributed by atoms with Gasteiger partial charge in [0.25, 0.3) is 11.7 Å². The molecular weight excluding hydrogens is 441 g/mol. The van der Waals surface area contributed by atoms with Crippen molar-refractivity contribution >= 4 is 40.7 Å². The highest BCUT2D eigenvalue weighted by Gasteiger charge is 2.46. The molecule has 1 saturated heterocycles. The largest absolute Gasteiger partial charge is 0.507 e. The minimum absolute atomic E-state index is 0.0212. The molecule has 0 spiro atoms. The van der Waals surface area contributed by atoms with Crippen LogP contribution < -0.4 is 4.74 Å². The first-order valence-electron chi connectivity index (χ1n) is 9.84. The molecule has 0 aromatic heterocycles. The Morgan fingerprint density at radius 3 is 2.55 bits per heavy atom. The molecule has 1 aliphatic rings. The van der Waals surface area contributed by atoms with Crippen molar-refractivity contribution in [2.24, 2.45) is 0 Å². The zero-order valence-electron chi connectivity index (χ0n) is 17.2. The number of ether oxygens (including phenoxy) is 2. The molecule has 0 radical (unpaired) electrons. The Kier molecular flexibility index (Phi) is 7.59. The number of rotatable bonds is 8. The summed E-state index contributed by atoms with van der Waals surface area (Å²) in [6, 6.07) is 10.8. The van der Waals surface area contributed by atoms with E-state index in [1.54, 1.807) is 42.5 Å². The van der Waals surface area contributed by atoms with E-state index in [0.717, 1.165) is 6.42 Å². The van der Waals surface area contributed by atoms with Gasteiger partial charge in [0.15, 0.2) is 0 Å². The molecule has 164 valence electrons. The Morgan fingerprint density at radius 2 is 1.87 bits per heavy atom. The number of likely N-dealkylation sites (tertiary alicyclic amines) is 1. The summed E-state index contributed by atoms with van der Waals surface area (Å²) in [6.07, 6.45) is 0.831.